The van der Waals surface area contributed by atoms with E-state index in [2.05, 4.69) is 20.0 Å². The smallest absolute Gasteiger partial charge is 0.0708 e. The van der Waals surface area contributed by atoms with E-state index in [9.17, 15) is 0 Å². The minimum atomic E-state index is -0.541. The van der Waals surface area contributed by atoms with Gasteiger partial charge in [-0.3, -0.25) is 0 Å². The molecule has 0 fully saturated rings. The third-order valence-electron chi connectivity index (χ3n) is 0.800. The number of halogens is 1. The van der Waals surface area contributed by atoms with Crippen LogP contribution in [0.1, 0.15) is 0 Å². The van der Waals surface area contributed by atoms with Gasteiger partial charge in [0.05, 0.1) is 6.16 Å². The molecule has 0 aliphatic carbocycles. The fourth-order valence-electron chi connectivity index (χ4n) is 0.387. The Labute approximate surface area is 63.1 Å². The Bertz CT molecular complexity index is 50.9. The molecule has 0 unspecified atom stereocenters. The molecule has 8 heavy (non-hydrogen) atoms. The molecule has 0 spiro atoms. The third kappa shape index (κ3) is 9.98. The first kappa shape index (κ1) is 11.6. The van der Waals surface area contributed by atoms with Gasteiger partial charge in [0.1, 0.15) is 0 Å². The van der Waals surface area contributed by atoms with E-state index in [1.54, 1.807) is 0 Å². The molecule has 0 rings (SSSR count). The fourth-order valence-corrected chi connectivity index (χ4v) is 1.16. The van der Waals surface area contributed by atoms with E-state index in [0.717, 1.165) is 6.54 Å². The zero-order valence-corrected chi connectivity index (χ0v) is 8.45. The van der Waals surface area contributed by atoms with Crippen LogP contribution < -0.4 is 5.73 Å². The van der Waals surface area contributed by atoms with Gasteiger partial charge in [-0.25, -0.2) is 0 Å². The summed E-state index contributed by atoms with van der Waals surface area (Å²) in [6.07, 6.45) is 1.23. The molecular weight excluding hydrogens is 185 g/mol. The van der Waals surface area contributed by atoms with Gasteiger partial charge in [-0.05, 0) is 0 Å². The van der Waals surface area contributed by atoms with Crippen molar-refractivity contribution in [3.8, 4) is 0 Å². The quantitative estimate of drug-likeness (QED) is 0.672. The van der Waals surface area contributed by atoms with Gasteiger partial charge in [0.25, 0.3) is 0 Å². The third-order valence-corrected chi connectivity index (χ3v) is 2.40. The molecule has 0 aromatic rings. The normalized spacial score (nSPS) is 10.5. The van der Waals surface area contributed by atoms with Crippen LogP contribution in [0.15, 0.2) is 0 Å². The van der Waals surface area contributed by atoms with Crippen molar-refractivity contribution in [2.75, 3.05) is 32.7 Å². The Kier molecular flexibility index (Phi) is 6.87. The lowest BCUT2D eigenvalue weighted by atomic mass is 10.8. The van der Waals surface area contributed by atoms with Gasteiger partial charge >= 0.3 is 0 Å². The lowest BCUT2D eigenvalue weighted by molar-refractivity contribution is 1.13. The molecule has 1 nitrogen and oxygen atoms in total. The predicted molar refractivity (Wildman–Crippen MR) is 48.9 cm³/mol. The van der Waals surface area contributed by atoms with Gasteiger partial charge in [0.2, 0.25) is 0 Å². The fraction of sp³-hybridized carbons (Fsp3) is 1.00. The van der Waals surface area contributed by atoms with Crippen molar-refractivity contribution in [1.82, 2.24) is 0 Å². The summed E-state index contributed by atoms with van der Waals surface area (Å²) in [5.41, 5.74) is 5.34. The van der Waals surface area contributed by atoms with E-state index >= 15 is 0 Å². The zero-order chi connectivity index (χ0) is 5.91. The maximum Gasteiger partial charge on any atom is 0.0708 e. The molecular formula is C5H16BrNP+. The SMILES string of the molecule is Br.C[P+](C)(C)CCN. The minimum Gasteiger partial charge on any atom is -0.327 e. The van der Waals surface area contributed by atoms with Crippen LogP contribution in [0.2, 0.25) is 0 Å². The molecule has 52 valence electrons. The number of rotatable bonds is 2. The van der Waals surface area contributed by atoms with Crippen LogP contribution in [0.25, 0.3) is 0 Å². The summed E-state index contributed by atoms with van der Waals surface area (Å²) in [5.74, 6) is 0. The van der Waals surface area contributed by atoms with E-state index < -0.39 is 7.26 Å². The zero-order valence-electron chi connectivity index (χ0n) is 5.85. The number of nitrogens with two attached hydrogens (primary N) is 1. The predicted octanol–water partition coefficient (Wildman–Crippen LogP) is 1.43. The largest absolute Gasteiger partial charge is 0.327 e. The van der Waals surface area contributed by atoms with Gasteiger partial charge in [0.15, 0.2) is 0 Å². The second-order valence-electron chi connectivity index (χ2n) is 2.80. The van der Waals surface area contributed by atoms with Crippen molar-refractivity contribution in [2.24, 2.45) is 5.73 Å². The highest BCUT2D eigenvalue weighted by Gasteiger charge is 2.13. The van der Waals surface area contributed by atoms with Crippen LogP contribution in [0.4, 0.5) is 0 Å². The first-order valence-electron chi connectivity index (χ1n) is 2.57. The molecule has 0 bridgehead atoms. The molecule has 0 radical (unpaired) electrons. The van der Waals surface area contributed by atoms with Crippen LogP contribution in [0.3, 0.4) is 0 Å². The van der Waals surface area contributed by atoms with Crippen LogP contribution in [0.5, 0.6) is 0 Å². The summed E-state index contributed by atoms with van der Waals surface area (Å²) >= 11 is 0. The summed E-state index contributed by atoms with van der Waals surface area (Å²) < 4.78 is 0. The van der Waals surface area contributed by atoms with E-state index in [4.69, 9.17) is 5.73 Å². The average Bonchev–Trinajstić information content (AvgIpc) is 1.30. The lowest BCUT2D eigenvalue weighted by Gasteiger charge is -2.07. The van der Waals surface area contributed by atoms with Gasteiger partial charge < -0.3 is 5.73 Å². The Hall–Kier alpha value is 0.870. The van der Waals surface area contributed by atoms with Gasteiger partial charge in [-0.2, -0.15) is 0 Å². The Morgan fingerprint density at radius 1 is 1.25 bits per heavy atom. The van der Waals surface area contributed by atoms with E-state index in [1.807, 2.05) is 0 Å². The summed E-state index contributed by atoms with van der Waals surface area (Å²) in [4.78, 5) is 0. The summed E-state index contributed by atoms with van der Waals surface area (Å²) in [6.45, 7) is 7.77. The first-order chi connectivity index (χ1) is 3.06. The van der Waals surface area contributed by atoms with Crippen molar-refractivity contribution in [3.63, 3.8) is 0 Å². The molecule has 0 saturated carbocycles. The second kappa shape index (κ2) is 4.72. The van der Waals surface area contributed by atoms with Crippen LogP contribution in [-0.4, -0.2) is 32.7 Å². The maximum atomic E-state index is 5.34. The maximum absolute atomic E-state index is 5.34. The van der Waals surface area contributed by atoms with Gasteiger partial charge in [-0.15, -0.1) is 17.0 Å². The van der Waals surface area contributed by atoms with Crippen molar-refractivity contribution >= 4 is 24.2 Å². The molecule has 0 aromatic carbocycles. The summed E-state index contributed by atoms with van der Waals surface area (Å²) in [5, 5.41) is 0. The standard InChI is InChI=1S/C5H15NP.BrH/c1-7(2,3)5-4-6;/h4-6H2,1-3H3;1H/q+1;. The van der Waals surface area contributed by atoms with E-state index in [1.165, 1.54) is 6.16 Å². The van der Waals surface area contributed by atoms with Crippen molar-refractivity contribution in [1.29, 1.82) is 0 Å². The van der Waals surface area contributed by atoms with Gasteiger partial charge in [0, 0.05) is 33.8 Å². The molecule has 0 heterocycles. The molecule has 2 N–H and O–H groups in total. The number of hydrogen-bond acceptors (Lipinski definition) is 1. The minimum absolute atomic E-state index is 0. The van der Waals surface area contributed by atoms with E-state index in [0.29, 0.717) is 0 Å². The Balaban J connectivity index is 0. The Morgan fingerprint density at radius 2 is 1.62 bits per heavy atom. The summed E-state index contributed by atoms with van der Waals surface area (Å²) in [6, 6.07) is 0. The highest BCUT2D eigenvalue weighted by atomic mass is 79.9. The highest BCUT2D eigenvalue weighted by Crippen LogP contribution is 2.45. The molecule has 0 atom stereocenters. The molecule has 0 aliphatic heterocycles. The topological polar surface area (TPSA) is 26.0 Å². The molecule has 3 heteroatoms. The monoisotopic (exact) mass is 200 g/mol. The molecule has 0 saturated heterocycles. The molecule has 0 amide bonds. The first-order valence-corrected chi connectivity index (χ1v) is 5.88. The van der Waals surface area contributed by atoms with Crippen LogP contribution in [0, 0.1) is 0 Å². The van der Waals surface area contributed by atoms with Crippen LogP contribution in [-0.2, 0) is 0 Å². The number of hydrogen-bond donors (Lipinski definition) is 1. The second-order valence-corrected chi connectivity index (χ2v) is 7.83. The van der Waals surface area contributed by atoms with Crippen molar-refractivity contribution < 1.29 is 0 Å². The van der Waals surface area contributed by atoms with E-state index in [-0.39, 0.29) is 17.0 Å². The van der Waals surface area contributed by atoms with Gasteiger partial charge in [-0.1, -0.05) is 0 Å². The van der Waals surface area contributed by atoms with Crippen molar-refractivity contribution in [3.05, 3.63) is 0 Å². The summed E-state index contributed by atoms with van der Waals surface area (Å²) in [7, 11) is -0.541. The highest BCUT2D eigenvalue weighted by molar-refractivity contribution is 8.93. The Morgan fingerprint density at radius 3 is 1.62 bits per heavy atom. The van der Waals surface area contributed by atoms with Crippen LogP contribution >= 0.6 is 24.2 Å². The van der Waals surface area contributed by atoms with Crippen molar-refractivity contribution in [2.45, 2.75) is 0 Å². The molecule has 0 aromatic heterocycles. The average molecular weight is 201 g/mol. The molecule has 0 aliphatic rings. The lowest BCUT2D eigenvalue weighted by Crippen LogP contribution is -2.06.